The summed E-state index contributed by atoms with van der Waals surface area (Å²) in [4.78, 5) is 51.2. The molecule has 0 radical (unpaired) electrons. The zero-order chi connectivity index (χ0) is 27.5. The summed E-state index contributed by atoms with van der Waals surface area (Å²) in [6.07, 6.45) is 5.17. The molecule has 1 saturated heterocycles. The number of rotatable bonds is 8. The first kappa shape index (κ1) is 25.8. The maximum atomic E-state index is 13.3. The quantitative estimate of drug-likeness (QED) is 0.251. The van der Waals surface area contributed by atoms with Gasteiger partial charge in [0, 0.05) is 67.3 Å². The number of fused-ring (bicyclic) bond motifs is 1. The van der Waals surface area contributed by atoms with Crippen molar-refractivity contribution < 1.29 is 9.59 Å². The van der Waals surface area contributed by atoms with Crippen molar-refractivity contribution in [3.8, 4) is 6.07 Å². The lowest BCUT2D eigenvalue weighted by atomic mass is 10.1. The van der Waals surface area contributed by atoms with Crippen LogP contribution in [-0.2, 0) is 16.1 Å². The van der Waals surface area contributed by atoms with Gasteiger partial charge in [-0.15, -0.1) is 0 Å². The predicted molar refractivity (Wildman–Crippen MR) is 145 cm³/mol. The van der Waals surface area contributed by atoms with Crippen LogP contribution in [0, 0.1) is 11.3 Å². The van der Waals surface area contributed by atoms with Crippen LogP contribution in [0.15, 0.2) is 59.8 Å². The van der Waals surface area contributed by atoms with E-state index in [1.807, 2.05) is 13.0 Å². The lowest BCUT2D eigenvalue weighted by Gasteiger charge is -2.20. The number of nitrogens with zero attached hydrogens (tertiary/aromatic N) is 6. The fourth-order valence-corrected chi connectivity index (χ4v) is 4.72. The van der Waals surface area contributed by atoms with E-state index in [0.717, 1.165) is 0 Å². The Kier molecular flexibility index (Phi) is 7.21. The van der Waals surface area contributed by atoms with Crippen LogP contribution >= 0.6 is 11.6 Å². The summed E-state index contributed by atoms with van der Waals surface area (Å²) in [6, 6.07) is 12.0. The van der Waals surface area contributed by atoms with Crippen LogP contribution < -0.4 is 16.2 Å². The van der Waals surface area contributed by atoms with Crippen LogP contribution in [0.5, 0.6) is 0 Å². The van der Waals surface area contributed by atoms with Gasteiger partial charge in [0.25, 0.3) is 5.56 Å². The Labute approximate surface area is 228 Å². The molecule has 3 aromatic heterocycles. The highest BCUT2D eigenvalue weighted by Crippen LogP contribution is 2.31. The number of pyridine rings is 2. The third-order valence-corrected chi connectivity index (χ3v) is 6.74. The van der Waals surface area contributed by atoms with E-state index in [4.69, 9.17) is 11.6 Å². The molecule has 0 spiro atoms. The van der Waals surface area contributed by atoms with Gasteiger partial charge in [-0.2, -0.15) is 5.26 Å². The number of nitriles is 1. The SMILES string of the molecule is CC(Nc1cc(=O)n(CCN2C(=O)CCC2=O)c2ccc(Nc3ccnc(Cl)c3C#N)cc12)c1ncccn1. The van der Waals surface area contributed by atoms with Gasteiger partial charge in [-0.25, -0.2) is 15.0 Å². The number of carbonyl (C=O) groups is 2. The molecule has 4 heterocycles. The normalized spacial score (nSPS) is 13.9. The first-order chi connectivity index (χ1) is 18.9. The van der Waals surface area contributed by atoms with Crippen molar-refractivity contribution in [2.45, 2.75) is 32.4 Å². The molecule has 1 aliphatic rings. The smallest absolute Gasteiger partial charge is 0.253 e. The fraction of sp³-hybridized carbons (Fsp3) is 0.222. The topological polar surface area (TPSA) is 146 Å². The van der Waals surface area contributed by atoms with E-state index in [1.54, 1.807) is 36.7 Å². The second kappa shape index (κ2) is 10.9. The molecule has 11 nitrogen and oxygen atoms in total. The Morgan fingerprint density at radius 2 is 1.74 bits per heavy atom. The zero-order valence-electron chi connectivity index (χ0n) is 20.9. The van der Waals surface area contributed by atoms with Crippen LogP contribution in [0.3, 0.4) is 0 Å². The van der Waals surface area contributed by atoms with Gasteiger partial charge >= 0.3 is 0 Å². The zero-order valence-corrected chi connectivity index (χ0v) is 21.6. The van der Waals surface area contributed by atoms with Crippen molar-refractivity contribution in [3.63, 3.8) is 0 Å². The van der Waals surface area contributed by atoms with Gasteiger partial charge < -0.3 is 15.2 Å². The molecule has 1 aliphatic heterocycles. The lowest BCUT2D eigenvalue weighted by molar-refractivity contribution is -0.138. The summed E-state index contributed by atoms with van der Waals surface area (Å²) >= 11 is 6.09. The number of hydrogen-bond donors (Lipinski definition) is 2. The van der Waals surface area contributed by atoms with E-state index < -0.39 is 0 Å². The summed E-state index contributed by atoms with van der Waals surface area (Å²) in [7, 11) is 0. The Morgan fingerprint density at radius 1 is 1.00 bits per heavy atom. The minimum Gasteiger partial charge on any atom is -0.375 e. The van der Waals surface area contributed by atoms with Crippen LogP contribution in [0.25, 0.3) is 10.9 Å². The molecule has 2 N–H and O–H groups in total. The third-order valence-electron chi connectivity index (χ3n) is 6.45. The number of halogens is 1. The molecule has 1 fully saturated rings. The average molecular weight is 543 g/mol. The highest BCUT2D eigenvalue weighted by atomic mass is 35.5. The van der Waals surface area contributed by atoms with E-state index in [1.165, 1.54) is 21.7 Å². The number of aromatic nitrogens is 4. The van der Waals surface area contributed by atoms with Gasteiger partial charge in [-0.05, 0) is 37.3 Å². The maximum absolute atomic E-state index is 13.3. The monoisotopic (exact) mass is 542 g/mol. The summed E-state index contributed by atoms with van der Waals surface area (Å²) in [5.41, 5.74) is 2.19. The van der Waals surface area contributed by atoms with Crippen molar-refractivity contribution in [2.24, 2.45) is 0 Å². The second-order valence-electron chi connectivity index (χ2n) is 8.95. The molecule has 1 unspecified atom stereocenters. The van der Waals surface area contributed by atoms with Crippen LogP contribution in [0.1, 0.15) is 37.2 Å². The lowest BCUT2D eigenvalue weighted by Crippen LogP contribution is -2.34. The number of nitrogens with one attached hydrogen (secondary N) is 2. The molecule has 12 heteroatoms. The summed E-state index contributed by atoms with van der Waals surface area (Å²) in [5, 5.41) is 16.8. The number of imide groups is 1. The van der Waals surface area contributed by atoms with Gasteiger partial charge in [0.15, 0.2) is 0 Å². The van der Waals surface area contributed by atoms with Crippen molar-refractivity contribution in [1.29, 1.82) is 5.26 Å². The van der Waals surface area contributed by atoms with Gasteiger partial charge in [-0.3, -0.25) is 19.3 Å². The van der Waals surface area contributed by atoms with Crippen LogP contribution in [-0.4, -0.2) is 42.8 Å². The molecule has 1 aromatic carbocycles. The van der Waals surface area contributed by atoms with Crippen LogP contribution in [0.4, 0.5) is 17.1 Å². The fourth-order valence-electron chi connectivity index (χ4n) is 4.52. The van der Waals surface area contributed by atoms with E-state index in [9.17, 15) is 19.6 Å². The number of likely N-dealkylation sites (tertiary alicyclic amines) is 1. The molecule has 0 bridgehead atoms. The van der Waals surface area contributed by atoms with E-state index in [-0.39, 0.29) is 60.1 Å². The first-order valence-electron chi connectivity index (χ1n) is 12.2. The highest BCUT2D eigenvalue weighted by Gasteiger charge is 2.28. The molecular weight excluding hydrogens is 520 g/mol. The van der Waals surface area contributed by atoms with E-state index in [0.29, 0.717) is 33.8 Å². The summed E-state index contributed by atoms with van der Waals surface area (Å²) < 4.78 is 1.54. The largest absolute Gasteiger partial charge is 0.375 e. The molecule has 39 heavy (non-hydrogen) atoms. The minimum absolute atomic E-state index is 0.0853. The number of anilines is 3. The number of benzene rings is 1. The van der Waals surface area contributed by atoms with Crippen molar-refractivity contribution in [1.82, 2.24) is 24.4 Å². The van der Waals surface area contributed by atoms with Gasteiger partial charge in [0.2, 0.25) is 11.8 Å². The number of amides is 2. The minimum atomic E-state index is -0.315. The average Bonchev–Trinajstić information content (AvgIpc) is 3.26. The molecule has 5 rings (SSSR count). The van der Waals surface area contributed by atoms with Gasteiger partial charge in [0.05, 0.1) is 17.2 Å². The standard InChI is InChI=1S/C27H23ClN8O3/c1-16(27-31-8-2-9-32-27)33-21-14-25(39)35(11-12-36-23(37)5-6-24(36)38)22-4-3-17(13-18(21)22)34-20-7-10-30-26(28)19(20)15-29/h2-4,7-10,13-14,16,33H,5-6,11-12H2,1H3,(H,30,34). The Bertz CT molecular complexity index is 1670. The Hall–Kier alpha value is -4.82. The number of carbonyl (C=O) groups excluding carboxylic acids is 2. The highest BCUT2D eigenvalue weighted by molar-refractivity contribution is 6.31. The Morgan fingerprint density at radius 3 is 2.46 bits per heavy atom. The maximum Gasteiger partial charge on any atom is 0.253 e. The van der Waals surface area contributed by atoms with Crippen molar-refractivity contribution in [3.05, 3.63) is 81.9 Å². The molecular formula is C27H23ClN8O3. The van der Waals surface area contributed by atoms with Crippen molar-refractivity contribution >= 4 is 51.4 Å². The van der Waals surface area contributed by atoms with E-state index in [2.05, 4.69) is 31.7 Å². The predicted octanol–water partition coefficient (Wildman–Crippen LogP) is 3.78. The van der Waals surface area contributed by atoms with E-state index >= 15 is 0 Å². The second-order valence-corrected chi connectivity index (χ2v) is 9.31. The van der Waals surface area contributed by atoms with Gasteiger partial charge in [0.1, 0.15) is 22.6 Å². The first-order valence-corrected chi connectivity index (χ1v) is 12.6. The molecule has 0 aliphatic carbocycles. The number of hydrogen-bond acceptors (Lipinski definition) is 9. The van der Waals surface area contributed by atoms with Gasteiger partial charge in [-0.1, -0.05) is 11.6 Å². The molecule has 0 saturated carbocycles. The molecule has 196 valence electrons. The van der Waals surface area contributed by atoms with Crippen LogP contribution in [0.2, 0.25) is 5.15 Å². The summed E-state index contributed by atoms with van der Waals surface area (Å²) in [5.74, 6) is 0.0894. The Balaban J connectivity index is 1.56. The molecule has 4 aromatic rings. The van der Waals surface area contributed by atoms with Crippen molar-refractivity contribution in [2.75, 3.05) is 17.2 Å². The molecule has 2 amide bonds. The third kappa shape index (κ3) is 5.28. The molecule has 1 atom stereocenters. The summed E-state index contributed by atoms with van der Waals surface area (Å²) in [6.45, 7) is 2.14.